The summed E-state index contributed by atoms with van der Waals surface area (Å²) in [5.74, 6) is 0.358. The predicted molar refractivity (Wildman–Crippen MR) is 104 cm³/mol. The van der Waals surface area contributed by atoms with Gasteiger partial charge < -0.3 is 10.1 Å². The second-order valence-electron chi connectivity index (χ2n) is 5.95. The summed E-state index contributed by atoms with van der Waals surface area (Å²) in [6.45, 7) is 4.10. The van der Waals surface area contributed by atoms with Crippen LogP contribution in [0.1, 0.15) is 35.6 Å². The number of aryl methyl sites for hydroxylation is 2. The van der Waals surface area contributed by atoms with Gasteiger partial charge in [0.05, 0.1) is 22.4 Å². The van der Waals surface area contributed by atoms with Gasteiger partial charge in [-0.1, -0.05) is 13.8 Å². The highest BCUT2D eigenvalue weighted by atomic mass is 16.5. The van der Waals surface area contributed by atoms with E-state index < -0.39 is 0 Å². The average Bonchev–Trinajstić information content (AvgIpc) is 2.71. The lowest BCUT2D eigenvalue weighted by atomic mass is 10.1. The van der Waals surface area contributed by atoms with Crippen LogP contribution in [0.2, 0.25) is 0 Å². The van der Waals surface area contributed by atoms with Crippen LogP contribution in [0.4, 0.5) is 5.69 Å². The maximum absolute atomic E-state index is 12.6. The number of fused-ring (bicyclic) bond motifs is 1. The van der Waals surface area contributed by atoms with Crippen molar-refractivity contribution in [2.45, 2.75) is 26.7 Å². The van der Waals surface area contributed by atoms with Crippen molar-refractivity contribution in [1.29, 1.82) is 5.26 Å². The molecule has 1 heterocycles. The van der Waals surface area contributed by atoms with Gasteiger partial charge in [-0.3, -0.25) is 4.79 Å². The van der Waals surface area contributed by atoms with Crippen LogP contribution in [-0.2, 0) is 12.8 Å². The van der Waals surface area contributed by atoms with E-state index in [2.05, 4.69) is 29.1 Å². The lowest BCUT2D eigenvalue weighted by Crippen LogP contribution is -2.12. The molecule has 0 saturated heterocycles. The molecule has 0 radical (unpaired) electrons. The molecule has 27 heavy (non-hydrogen) atoms. The molecule has 0 atom stereocenters. The molecule has 0 aliphatic rings. The van der Waals surface area contributed by atoms with Crippen molar-refractivity contribution in [3.05, 3.63) is 59.4 Å². The highest BCUT2D eigenvalue weighted by Gasteiger charge is 2.11. The largest absolute Gasteiger partial charge is 0.479 e. The summed E-state index contributed by atoms with van der Waals surface area (Å²) < 4.78 is 5.20. The Balaban J connectivity index is 1.80. The second-order valence-corrected chi connectivity index (χ2v) is 5.95. The fraction of sp³-hybridized carbons (Fsp3) is 0.238. The molecule has 6 nitrogen and oxygen atoms in total. The number of rotatable bonds is 6. The minimum absolute atomic E-state index is 0.0106. The first-order chi connectivity index (χ1) is 13.1. The number of ether oxygens (including phenoxy) is 1. The second kappa shape index (κ2) is 8.28. The van der Waals surface area contributed by atoms with E-state index in [-0.39, 0.29) is 12.5 Å². The number of anilines is 1. The van der Waals surface area contributed by atoms with Crippen LogP contribution in [-0.4, -0.2) is 22.5 Å². The fourth-order valence-corrected chi connectivity index (χ4v) is 2.79. The Morgan fingerprint density at radius 3 is 2.33 bits per heavy atom. The molecule has 136 valence electrons. The molecule has 2 aromatic carbocycles. The molecule has 6 heteroatoms. The van der Waals surface area contributed by atoms with E-state index in [0.717, 1.165) is 35.3 Å². The molecule has 0 unspecified atom stereocenters. The Morgan fingerprint density at radius 1 is 1.04 bits per heavy atom. The van der Waals surface area contributed by atoms with E-state index in [9.17, 15) is 4.79 Å². The number of aromatic nitrogens is 2. The first kappa shape index (κ1) is 18.3. The van der Waals surface area contributed by atoms with Crippen LogP contribution in [0.25, 0.3) is 11.0 Å². The highest BCUT2D eigenvalue weighted by molar-refractivity contribution is 6.05. The van der Waals surface area contributed by atoms with E-state index in [4.69, 9.17) is 10.00 Å². The number of nitrogens with one attached hydrogen (secondary N) is 1. The molecule has 0 saturated carbocycles. The van der Waals surface area contributed by atoms with Gasteiger partial charge in [-0.05, 0) is 55.3 Å². The summed E-state index contributed by atoms with van der Waals surface area (Å²) in [4.78, 5) is 21.9. The number of carbonyl (C=O) groups is 1. The number of hydrogen-bond acceptors (Lipinski definition) is 5. The van der Waals surface area contributed by atoms with Crippen molar-refractivity contribution in [2.24, 2.45) is 0 Å². The third-order valence-corrected chi connectivity index (χ3v) is 4.17. The third kappa shape index (κ3) is 4.21. The fourth-order valence-electron chi connectivity index (χ4n) is 2.79. The summed E-state index contributed by atoms with van der Waals surface area (Å²) in [6.07, 6.45) is 1.64. The lowest BCUT2D eigenvalue weighted by Gasteiger charge is -2.09. The zero-order chi connectivity index (χ0) is 19.2. The molecule has 1 aromatic heterocycles. The predicted octanol–water partition coefficient (Wildman–Crippen LogP) is 3.91. The SMILES string of the molecule is CCc1nc2ccc(C(=O)Nc3ccc(OCC#N)cc3)cc2nc1CC. The van der Waals surface area contributed by atoms with Crippen LogP contribution < -0.4 is 10.1 Å². The Hall–Kier alpha value is -3.46. The van der Waals surface area contributed by atoms with E-state index in [1.165, 1.54) is 0 Å². The van der Waals surface area contributed by atoms with Gasteiger partial charge in [0.1, 0.15) is 11.8 Å². The molecule has 3 aromatic rings. The number of carbonyl (C=O) groups excluding carboxylic acids is 1. The summed E-state index contributed by atoms with van der Waals surface area (Å²) in [6, 6.07) is 14.1. The summed E-state index contributed by atoms with van der Waals surface area (Å²) >= 11 is 0. The molecule has 0 aliphatic heterocycles. The molecular formula is C21H20N4O2. The van der Waals surface area contributed by atoms with Crippen molar-refractivity contribution in [3.8, 4) is 11.8 Å². The zero-order valence-electron chi connectivity index (χ0n) is 15.3. The smallest absolute Gasteiger partial charge is 0.255 e. The first-order valence-electron chi connectivity index (χ1n) is 8.85. The van der Waals surface area contributed by atoms with E-state index in [1.807, 2.05) is 12.1 Å². The summed E-state index contributed by atoms with van der Waals surface area (Å²) in [5.41, 5.74) is 4.65. The molecule has 0 spiro atoms. The van der Waals surface area contributed by atoms with Crippen LogP contribution in [0, 0.1) is 11.3 Å². The van der Waals surface area contributed by atoms with Gasteiger partial charge >= 0.3 is 0 Å². The van der Waals surface area contributed by atoms with Gasteiger partial charge in [-0.2, -0.15) is 5.26 Å². The minimum atomic E-state index is -0.220. The van der Waals surface area contributed by atoms with Crippen LogP contribution >= 0.6 is 0 Å². The van der Waals surface area contributed by atoms with Crippen LogP contribution in [0.3, 0.4) is 0 Å². The van der Waals surface area contributed by atoms with Crippen molar-refractivity contribution in [1.82, 2.24) is 9.97 Å². The lowest BCUT2D eigenvalue weighted by molar-refractivity contribution is 0.102. The van der Waals surface area contributed by atoms with E-state index in [0.29, 0.717) is 17.0 Å². The molecule has 1 N–H and O–H groups in total. The number of hydrogen-bond donors (Lipinski definition) is 1. The highest BCUT2D eigenvalue weighted by Crippen LogP contribution is 2.19. The Morgan fingerprint density at radius 2 is 1.70 bits per heavy atom. The Labute approximate surface area is 157 Å². The summed E-state index contributed by atoms with van der Waals surface area (Å²) in [5, 5.41) is 11.4. The molecule has 3 rings (SSSR count). The average molecular weight is 360 g/mol. The topological polar surface area (TPSA) is 87.9 Å². The molecule has 0 bridgehead atoms. The minimum Gasteiger partial charge on any atom is -0.479 e. The van der Waals surface area contributed by atoms with Gasteiger partial charge in [0.25, 0.3) is 5.91 Å². The third-order valence-electron chi connectivity index (χ3n) is 4.17. The van der Waals surface area contributed by atoms with E-state index in [1.54, 1.807) is 36.4 Å². The van der Waals surface area contributed by atoms with Gasteiger partial charge in [-0.15, -0.1) is 0 Å². The van der Waals surface area contributed by atoms with Gasteiger partial charge in [0, 0.05) is 11.3 Å². The molecular weight excluding hydrogens is 340 g/mol. The van der Waals surface area contributed by atoms with Crippen molar-refractivity contribution >= 4 is 22.6 Å². The van der Waals surface area contributed by atoms with Crippen molar-refractivity contribution < 1.29 is 9.53 Å². The molecule has 0 aliphatic carbocycles. The van der Waals surface area contributed by atoms with Crippen LogP contribution in [0.15, 0.2) is 42.5 Å². The van der Waals surface area contributed by atoms with Crippen molar-refractivity contribution in [3.63, 3.8) is 0 Å². The maximum atomic E-state index is 12.6. The van der Waals surface area contributed by atoms with Gasteiger partial charge in [-0.25, -0.2) is 9.97 Å². The zero-order valence-corrected chi connectivity index (χ0v) is 15.3. The quantitative estimate of drug-likeness (QED) is 0.720. The summed E-state index contributed by atoms with van der Waals surface area (Å²) in [7, 11) is 0. The Bertz CT molecular complexity index is 1010. The maximum Gasteiger partial charge on any atom is 0.255 e. The van der Waals surface area contributed by atoms with Gasteiger partial charge in [0.15, 0.2) is 6.61 Å². The number of nitriles is 1. The Kier molecular flexibility index (Phi) is 5.62. The number of nitrogens with zero attached hydrogens (tertiary/aromatic N) is 3. The first-order valence-corrected chi connectivity index (χ1v) is 8.85. The molecule has 0 fully saturated rings. The number of amides is 1. The standard InChI is InChI=1S/C21H20N4O2/c1-3-17-18(4-2)25-20-13-14(5-10-19(20)24-17)21(26)23-15-6-8-16(9-7-15)27-12-11-22/h5-10,13H,3-4,12H2,1-2H3,(H,23,26). The van der Waals surface area contributed by atoms with Crippen LogP contribution in [0.5, 0.6) is 5.75 Å². The molecule has 1 amide bonds. The van der Waals surface area contributed by atoms with Crippen molar-refractivity contribution in [2.75, 3.05) is 11.9 Å². The number of benzene rings is 2. The normalized spacial score (nSPS) is 10.4. The van der Waals surface area contributed by atoms with E-state index >= 15 is 0 Å². The monoisotopic (exact) mass is 360 g/mol. The van der Waals surface area contributed by atoms with Gasteiger partial charge in [0.2, 0.25) is 0 Å².